The Morgan fingerprint density at radius 2 is 2.24 bits per heavy atom. The number of imidazole rings is 1. The third-order valence-electron chi connectivity index (χ3n) is 3.79. The molecule has 0 radical (unpaired) electrons. The highest BCUT2D eigenvalue weighted by Crippen LogP contribution is 2.33. The molecule has 1 aromatic carbocycles. The summed E-state index contributed by atoms with van der Waals surface area (Å²) in [4.78, 5) is 16.3. The number of benzene rings is 1. The minimum atomic E-state index is -2.67. The van der Waals surface area contributed by atoms with Crippen molar-refractivity contribution < 1.29 is 23.2 Å². The Morgan fingerprint density at radius 1 is 1.44 bits per heavy atom. The highest BCUT2D eigenvalue weighted by atomic mass is 19.3. The average Bonchev–Trinajstić information content (AvgIpc) is 3.02. The van der Waals surface area contributed by atoms with Crippen molar-refractivity contribution in [2.75, 3.05) is 13.8 Å². The van der Waals surface area contributed by atoms with Gasteiger partial charge in [0.25, 0.3) is 5.69 Å². The molecule has 0 saturated carbocycles. The first-order valence-corrected chi connectivity index (χ1v) is 7.45. The van der Waals surface area contributed by atoms with E-state index < -0.39 is 11.5 Å². The summed E-state index contributed by atoms with van der Waals surface area (Å²) in [6, 6.07) is 2.85. The number of nitro groups is 1. The van der Waals surface area contributed by atoms with Gasteiger partial charge in [0.1, 0.15) is 11.6 Å². The second-order valence-corrected chi connectivity index (χ2v) is 5.66. The normalized spacial score (nSPS) is 13.8. The largest absolute Gasteiger partial charge is 0.467 e. The van der Waals surface area contributed by atoms with E-state index >= 15 is 0 Å². The van der Waals surface area contributed by atoms with Gasteiger partial charge in [-0.1, -0.05) is 0 Å². The SMILES string of the molecule is CN(Cc1cc([N+](=O)[O-])cc2c1OCOC2)Cc1nccn1C(F)F. The predicted molar refractivity (Wildman–Crippen MR) is 82.0 cm³/mol. The summed E-state index contributed by atoms with van der Waals surface area (Å²) in [6.45, 7) is -1.94. The summed E-state index contributed by atoms with van der Waals surface area (Å²) in [6.07, 6.45) is 2.52. The zero-order valence-electron chi connectivity index (χ0n) is 13.4. The van der Waals surface area contributed by atoms with Gasteiger partial charge in [-0.05, 0) is 7.05 Å². The average molecular weight is 354 g/mol. The molecule has 2 aromatic rings. The molecule has 0 saturated heterocycles. The second kappa shape index (κ2) is 7.11. The lowest BCUT2D eigenvalue weighted by molar-refractivity contribution is -0.385. The molecule has 25 heavy (non-hydrogen) atoms. The summed E-state index contributed by atoms with van der Waals surface area (Å²) in [7, 11) is 1.72. The fourth-order valence-corrected chi connectivity index (χ4v) is 2.74. The zero-order valence-corrected chi connectivity index (χ0v) is 13.4. The first-order valence-electron chi connectivity index (χ1n) is 7.45. The summed E-state index contributed by atoms with van der Waals surface area (Å²) >= 11 is 0. The fraction of sp³-hybridized carbons (Fsp3) is 0.400. The van der Waals surface area contributed by atoms with E-state index in [1.54, 1.807) is 11.9 Å². The van der Waals surface area contributed by atoms with Gasteiger partial charge in [-0.2, -0.15) is 8.78 Å². The molecule has 10 heteroatoms. The highest BCUT2D eigenvalue weighted by Gasteiger charge is 2.22. The lowest BCUT2D eigenvalue weighted by Crippen LogP contribution is -2.22. The first-order chi connectivity index (χ1) is 12.0. The van der Waals surface area contributed by atoms with Crippen LogP contribution in [0.2, 0.25) is 0 Å². The van der Waals surface area contributed by atoms with E-state index in [2.05, 4.69) is 4.98 Å². The van der Waals surface area contributed by atoms with Crippen LogP contribution in [0.25, 0.3) is 0 Å². The fourth-order valence-electron chi connectivity index (χ4n) is 2.74. The number of nitrogens with zero attached hydrogens (tertiary/aromatic N) is 4. The van der Waals surface area contributed by atoms with Crippen LogP contribution in [0.5, 0.6) is 5.75 Å². The second-order valence-electron chi connectivity index (χ2n) is 5.66. The number of rotatable bonds is 6. The van der Waals surface area contributed by atoms with E-state index in [4.69, 9.17) is 9.47 Å². The van der Waals surface area contributed by atoms with Crippen molar-refractivity contribution in [1.82, 2.24) is 14.5 Å². The van der Waals surface area contributed by atoms with Crippen molar-refractivity contribution in [3.8, 4) is 5.75 Å². The third kappa shape index (κ3) is 3.74. The summed E-state index contributed by atoms with van der Waals surface area (Å²) in [5, 5.41) is 11.1. The van der Waals surface area contributed by atoms with E-state index in [0.29, 0.717) is 16.9 Å². The number of hydrogen-bond acceptors (Lipinski definition) is 6. The number of nitro benzene ring substituents is 1. The Labute approximate surface area is 141 Å². The molecule has 0 unspecified atom stereocenters. The topological polar surface area (TPSA) is 82.7 Å². The van der Waals surface area contributed by atoms with E-state index in [-0.39, 0.29) is 38.0 Å². The summed E-state index contributed by atoms with van der Waals surface area (Å²) < 4.78 is 37.2. The minimum absolute atomic E-state index is 0.0645. The van der Waals surface area contributed by atoms with Crippen molar-refractivity contribution in [3.05, 3.63) is 51.6 Å². The quantitative estimate of drug-likeness (QED) is 0.586. The Hall–Kier alpha value is -2.59. The van der Waals surface area contributed by atoms with Crippen LogP contribution in [-0.4, -0.2) is 33.2 Å². The maximum absolute atomic E-state index is 12.9. The number of fused-ring (bicyclic) bond motifs is 1. The smallest absolute Gasteiger partial charge is 0.319 e. The number of alkyl halides is 2. The van der Waals surface area contributed by atoms with Crippen LogP contribution in [0.1, 0.15) is 23.5 Å². The molecular formula is C15H16F2N4O4. The lowest BCUT2D eigenvalue weighted by Gasteiger charge is -2.23. The molecule has 0 atom stereocenters. The van der Waals surface area contributed by atoms with Crippen molar-refractivity contribution in [2.24, 2.45) is 0 Å². The highest BCUT2D eigenvalue weighted by molar-refractivity contribution is 5.50. The maximum Gasteiger partial charge on any atom is 0.319 e. The van der Waals surface area contributed by atoms with Gasteiger partial charge in [-0.3, -0.25) is 19.6 Å². The van der Waals surface area contributed by atoms with E-state index in [0.717, 1.165) is 4.57 Å². The number of hydrogen-bond donors (Lipinski definition) is 0. The number of aromatic nitrogens is 2. The maximum atomic E-state index is 12.9. The zero-order chi connectivity index (χ0) is 18.0. The number of non-ortho nitro benzene ring substituents is 1. The van der Waals surface area contributed by atoms with Gasteiger partial charge in [0.05, 0.1) is 18.1 Å². The van der Waals surface area contributed by atoms with Gasteiger partial charge in [-0.15, -0.1) is 0 Å². The molecule has 0 aliphatic carbocycles. The van der Waals surface area contributed by atoms with Crippen LogP contribution in [0.15, 0.2) is 24.5 Å². The van der Waals surface area contributed by atoms with Crippen molar-refractivity contribution in [2.45, 2.75) is 26.2 Å². The van der Waals surface area contributed by atoms with Crippen LogP contribution < -0.4 is 4.74 Å². The third-order valence-corrected chi connectivity index (χ3v) is 3.79. The molecule has 0 amide bonds. The van der Waals surface area contributed by atoms with E-state index in [1.807, 2.05) is 0 Å². The van der Waals surface area contributed by atoms with Crippen LogP contribution in [0, 0.1) is 10.1 Å². The molecule has 0 fully saturated rings. The van der Waals surface area contributed by atoms with Gasteiger partial charge in [-0.25, -0.2) is 4.98 Å². The molecule has 1 aliphatic rings. The van der Waals surface area contributed by atoms with Crippen LogP contribution in [0.3, 0.4) is 0 Å². The number of ether oxygens (including phenoxy) is 2. The molecule has 1 aromatic heterocycles. The first kappa shape index (κ1) is 17.2. The summed E-state index contributed by atoms with van der Waals surface area (Å²) in [5.74, 6) is 0.752. The van der Waals surface area contributed by atoms with Crippen molar-refractivity contribution in [3.63, 3.8) is 0 Å². The van der Waals surface area contributed by atoms with E-state index in [1.165, 1.54) is 24.5 Å². The van der Waals surface area contributed by atoms with Gasteiger partial charge in [0.15, 0.2) is 6.79 Å². The lowest BCUT2D eigenvalue weighted by atomic mass is 10.1. The Morgan fingerprint density at radius 3 is 2.96 bits per heavy atom. The molecule has 0 bridgehead atoms. The van der Waals surface area contributed by atoms with Gasteiger partial charge >= 0.3 is 6.55 Å². The van der Waals surface area contributed by atoms with Gasteiger partial charge < -0.3 is 9.47 Å². The van der Waals surface area contributed by atoms with Crippen LogP contribution in [0.4, 0.5) is 14.5 Å². The molecule has 1 aliphatic heterocycles. The molecule has 134 valence electrons. The molecule has 0 spiro atoms. The molecule has 2 heterocycles. The summed E-state index contributed by atoms with van der Waals surface area (Å²) in [5.41, 5.74) is 1.13. The standard InChI is InChI=1S/C15H16F2N4O4/c1-19(7-13-18-2-3-20(13)15(16)17)6-10-4-12(21(22)23)5-11-8-24-9-25-14(10)11/h2-5,15H,6-9H2,1H3. The predicted octanol–water partition coefficient (Wildman–Crippen LogP) is 2.68. The Bertz CT molecular complexity index is 781. The van der Waals surface area contributed by atoms with Gasteiger partial charge in [0, 0.05) is 42.2 Å². The van der Waals surface area contributed by atoms with Crippen molar-refractivity contribution in [1.29, 1.82) is 0 Å². The molecule has 8 nitrogen and oxygen atoms in total. The molecule has 3 rings (SSSR count). The number of halogens is 2. The van der Waals surface area contributed by atoms with Crippen molar-refractivity contribution >= 4 is 5.69 Å². The van der Waals surface area contributed by atoms with Crippen LogP contribution in [-0.2, 0) is 24.4 Å². The minimum Gasteiger partial charge on any atom is -0.467 e. The molecule has 0 N–H and O–H groups in total. The van der Waals surface area contributed by atoms with E-state index in [9.17, 15) is 18.9 Å². The van der Waals surface area contributed by atoms with Crippen LogP contribution >= 0.6 is 0 Å². The Kier molecular flexibility index (Phi) is 4.91. The van der Waals surface area contributed by atoms with Gasteiger partial charge in [0.2, 0.25) is 0 Å². The Balaban J connectivity index is 1.82. The molecular weight excluding hydrogens is 338 g/mol. The monoisotopic (exact) mass is 354 g/mol.